The molecule has 2 aliphatic rings. The van der Waals surface area contributed by atoms with E-state index in [9.17, 15) is 9.59 Å². The summed E-state index contributed by atoms with van der Waals surface area (Å²) in [5.74, 6) is 0.175. The zero-order chi connectivity index (χ0) is 31.7. The van der Waals surface area contributed by atoms with Crippen molar-refractivity contribution in [2.75, 3.05) is 13.1 Å². The van der Waals surface area contributed by atoms with Crippen LogP contribution >= 0.6 is 12.4 Å². The molecule has 4 N–H and O–H groups in total. The van der Waals surface area contributed by atoms with Crippen LogP contribution in [0.1, 0.15) is 54.9 Å². The molecule has 0 unspecified atom stereocenters. The highest BCUT2D eigenvalue weighted by Gasteiger charge is 2.30. The van der Waals surface area contributed by atoms with E-state index >= 15 is 0 Å². The first-order valence-electron chi connectivity index (χ1n) is 15.1. The highest BCUT2D eigenvalue weighted by molar-refractivity contribution is 6.10. The summed E-state index contributed by atoms with van der Waals surface area (Å²) in [7, 11) is 4.07. The summed E-state index contributed by atoms with van der Waals surface area (Å²) < 4.78 is 4.28. The highest BCUT2D eigenvalue weighted by atomic mass is 35.5. The molecule has 0 atom stereocenters. The van der Waals surface area contributed by atoms with Gasteiger partial charge in [0.1, 0.15) is 0 Å². The van der Waals surface area contributed by atoms with Gasteiger partial charge in [-0.25, -0.2) is 9.97 Å². The zero-order valence-electron chi connectivity index (χ0n) is 26.4. The molecule has 46 heavy (non-hydrogen) atoms. The standard InChI is InChI=1S/C17H18N4O.C12H12N2O.C5H8N2O.ClH/c1-11-13(19-10-18-11)9-21-8-7-15-16(17(21)22)12-5-3-4-6-14(12)20(15)2;1-14-9-5-3-2-4-8(9)11-10(14)6-7-13-12(11)15;1-4-5(2-8)7-3-6-4;/h3-6,10H,7-9H2,1-2H3,(H,18,19);2-5H,6-7H2,1H3,(H,13,15);3,8H,2H2,1H3,(H,6,7);1H. The molecule has 12 heteroatoms. The van der Waals surface area contributed by atoms with Crippen LogP contribution in [0.4, 0.5) is 0 Å². The van der Waals surface area contributed by atoms with Crippen LogP contribution in [0, 0.1) is 13.8 Å². The number of imidazole rings is 2. The Morgan fingerprint density at radius 3 is 1.87 bits per heavy atom. The molecule has 240 valence electrons. The van der Waals surface area contributed by atoms with Gasteiger partial charge in [0.2, 0.25) is 0 Å². The zero-order valence-corrected chi connectivity index (χ0v) is 27.2. The number of aliphatic hydroxyl groups is 1. The van der Waals surface area contributed by atoms with Crippen LogP contribution in [0.5, 0.6) is 0 Å². The lowest BCUT2D eigenvalue weighted by Crippen LogP contribution is -2.37. The third-order valence-corrected chi connectivity index (χ3v) is 8.81. The van der Waals surface area contributed by atoms with Gasteiger partial charge < -0.3 is 34.4 Å². The predicted octanol–water partition coefficient (Wildman–Crippen LogP) is 4.50. The first-order chi connectivity index (χ1) is 21.8. The van der Waals surface area contributed by atoms with Gasteiger partial charge >= 0.3 is 0 Å². The molecule has 2 aromatic carbocycles. The average Bonchev–Trinajstić information content (AvgIpc) is 3.81. The van der Waals surface area contributed by atoms with Gasteiger partial charge in [-0.1, -0.05) is 36.4 Å². The maximum absolute atomic E-state index is 13.0. The monoisotopic (exact) mass is 642 g/mol. The Kier molecular flexibility index (Phi) is 9.64. The van der Waals surface area contributed by atoms with Crippen LogP contribution in [0.15, 0.2) is 61.2 Å². The number of carbonyl (C=O) groups is 2. The number of aromatic amines is 2. The van der Waals surface area contributed by atoms with Crippen molar-refractivity contribution in [3.05, 3.63) is 106 Å². The summed E-state index contributed by atoms with van der Waals surface area (Å²) in [5, 5.41) is 13.5. The van der Waals surface area contributed by atoms with E-state index in [1.165, 1.54) is 0 Å². The number of fused-ring (bicyclic) bond motifs is 6. The lowest BCUT2D eigenvalue weighted by Gasteiger charge is -2.27. The molecule has 2 amide bonds. The molecule has 4 aromatic heterocycles. The number of amides is 2. The fraction of sp³-hybridized carbons (Fsp3) is 0.294. The highest BCUT2D eigenvalue weighted by Crippen LogP contribution is 2.31. The maximum Gasteiger partial charge on any atom is 0.256 e. The Morgan fingerprint density at radius 2 is 1.33 bits per heavy atom. The van der Waals surface area contributed by atoms with Crippen LogP contribution < -0.4 is 5.32 Å². The van der Waals surface area contributed by atoms with Gasteiger partial charge in [-0.15, -0.1) is 12.4 Å². The Bertz CT molecular complexity index is 2020. The van der Waals surface area contributed by atoms with E-state index in [-0.39, 0.29) is 30.8 Å². The van der Waals surface area contributed by atoms with Crippen LogP contribution in [0.25, 0.3) is 21.8 Å². The lowest BCUT2D eigenvalue weighted by molar-refractivity contribution is 0.0725. The van der Waals surface area contributed by atoms with Crippen molar-refractivity contribution in [1.82, 2.24) is 39.3 Å². The molecule has 0 saturated carbocycles. The number of para-hydroxylation sites is 2. The molecular formula is C34H39ClN8O3. The molecule has 11 nitrogen and oxygen atoms in total. The van der Waals surface area contributed by atoms with Gasteiger partial charge in [-0.3, -0.25) is 9.59 Å². The SMILES string of the molecule is Cc1[nH]cnc1CN1CCc2c(c3ccccc3n2C)C1=O.Cc1[nH]cnc1CO.Cl.Cn1c2c(c3ccccc31)C(=O)NCC2. The number of aliphatic hydroxyl groups excluding tert-OH is 1. The molecule has 8 rings (SSSR count). The van der Waals surface area contributed by atoms with Crippen LogP contribution in [0.3, 0.4) is 0 Å². The van der Waals surface area contributed by atoms with E-state index in [1.807, 2.05) is 69.2 Å². The number of halogens is 1. The Balaban J connectivity index is 0.000000150. The number of nitrogens with zero attached hydrogens (tertiary/aromatic N) is 5. The maximum atomic E-state index is 13.0. The van der Waals surface area contributed by atoms with E-state index in [2.05, 4.69) is 46.5 Å². The van der Waals surface area contributed by atoms with Crippen molar-refractivity contribution in [2.45, 2.75) is 39.8 Å². The van der Waals surface area contributed by atoms with E-state index < -0.39 is 0 Å². The molecule has 6 heterocycles. The van der Waals surface area contributed by atoms with Crippen molar-refractivity contribution >= 4 is 46.0 Å². The number of hydrogen-bond acceptors (Lipinski definition) is 5. The number of rotatable bonds is 3. The van der Waals surface area contributed by atoms with Gasteiger partial charge in [0.25, 0.3) is 11.8 Å². The first kappa shape index (κ1) is 32.5. The third kappa shape index (κ3) is 5.91. The number of carbonyl (C=O) groups excluding carboxylic acids is 2. The molecule has 6 aromatic rings. The number of nitrogens with one attached hydrogen (secondary N) is 3. The fourth-order valence-electron chi connectivity index (χ4n) is 6.28. The summed E-state index contributed by atoms with van der Waals surface area (Å²) in [6, 6.07) is 16.2. The van der Waals surface area contributed by atoms with Crippen LogP contribution in [-0.4, -0.2) is 64.0 Å². The summed E-state index contributed by atoms with van der Waals surface area (Å²) in [4.78, 5) is 40.7. The summed E-state index contributed by atoms with van der Waals surface area (Å²) >= 11 is 0. The normalized spacial score (nSPS) is 13.6. The molecular weight excluding hydrogens is 604 g/mol. The topological polar surface area (TPSA) is 137 Å². The second-order valence-corrected chi connectivity index (χ2v) is 11.4. The smallest absolute Gasteiger partial charge is 0.256 e. The Labute approximate surface area is 273 Å². The summed E-state index contributed by atoms with van der Waals surface area (Å²) in [6.45, 7) is 5.93. The number of hydrogen-bond donors (Lipinski definition) is 4. The fourth-order valence-corrected chi connectivity index (χ4v) is 6.28. The number of H-pyrrole nitrogens is 2. The third-order valence-electron chi connectivity index (χ3n) is 8.81. The number of aryl methyl sites for hydroxylation is 4. The van der Waals surface area contributed by atoms with Crippen molar-refractivity contribution in [3.63, 3.8) is 0 Å². The number of benzene rings is 2. The molecule has 0 spiro atoms. The van der Waals surface area contributed by atoms with Gasteiger partial charge in [-0.05, 0) is 26.0 Å². The van der Waals surface area contributed by atoms with Crippen molar-refractivity contribution in [3.8, 4) is 0 Å². The first-order valence-corrected chi connectivity index (χ1v) is 15.1. The van der Waals surface area contributed by atoms with E-state index in [1.54, 1.807) is 12.7 Å². The summed E-state index contributed by atoms with van der Waals surface area (Å²) in [5.41, 5.74) is 9.90. The Hall–Kier alpha value is -4.87. The van der Waals surface area contributed by atoms with Gasteiger partial charge in [0, 0.05) is 84.6 Å². The predicted molar refractivity (Wildman–Crippen MR) is 180 cm³/mol. The minimum Gasteiger partial charge on any atom is -0.390 e. The molecule has 0 bridgehead atoms. The minimum atomic E-state index is 0. The number of aromatic nitrogens is 6. The van der Waals surface area contributed by atoms with E-state index in [0.717, 1.165) is 93.0 Å². The van der Waals surface area contributed by atoms with E-state index in [4.69, 9.17) is 5.11 Å². The molecule has 0 fully saturated rings. The van der Waals surface area contributed by atoms with Crippen molar-refractivity contribution in [1.29, 1.82) is 0 Å². The quantitative estimate of drug-likeness (QED) is 0.225. The average molecular weight is 643 g/mol. The molecule has 0 radical (unpaired) electrons. The largest absolute Gasteiger partial charge is 0.390 e. The van der Waals surface area contributed by atoms with Crippen LogP contribution in [-0.2, 0) is 40.1 Å². The van der Waals surface area contributed by atoms with E-state index in [0.29, 0.717) is 6.54 Å². The second-order valence-electron chi connectivity index (χ2n) is 11.4. The van der Waals surface area contributed by atoms with Crippen LogP contribution in [0.2, 0.25) is 0 Å². The second kappa shape index (κ2) is 13.6. The van der Waals surface area contributed by atoms with Crippen molar-refractivity contribution in [2.24, 2.45) is 14.1 Å². The minimum absolute atomic E-state index is 0. The van der Waals surface area contributed by atoms with Gasteiger partial charge in [0.15, 0.2) is 0 Å². The lowest BCUT2D eigenvalue weighted by atomic mass is 10.0. The molecule has 2 aliphatic heterocycles. The van der Waals surface area contributed by atoms with Gasteiger partial charge in [-0.2, -0.15) is 0 Å². The van der Waals surface area contributed by atoms with Crippen molar-refractivity contribution < 1.29 is 14.7 Å². The molecule has 0 aliphatic carbocycles. The summed E-state index contributed by atoms with van der Waals surface area (Å²) in [6.07, 6.45) is 5.06. The Morgan fingerprint density at radius 1 is 0.783 bits per heavy atom. The van der Waals surface area contributed by atoms with Gasteiger partial charge in [0.05, 0.1) is 48.3 Å². The molecule has 0 saturated heterocycles.